The lowest BCUT2D eigenvalue weighted by Crippen LogP contribution is -2.40. The van der Waals surface area contributed by atoms with Crippen molar-refractivity contribution < 1.29 is 0 Å². The molecule has 3 aromatic heterocycles. The number of fused-ring (bicyclic) bond motifs is 1. The molecule has 0 aliphatic rings. The number of H-pyrrole nitrogens is 1. The van der Waals surface area contributed by atoms with E-state index in [1.54, 1.807) is 21.5 Å². The van der Waals surface area contributed by atoms with Crippen LogP contribution in [0.15, 0.2) is 27.8 Å². The zero-order chi connectivity index (χ0) is 25.7. The predicted octanol–water partition coefficient (Wildman–Crippen LogP) is 4.48. The Balaban J connectivity index is 1.34. The number of hydrogen-bond donors (Lipinski definition) is 1. The molecule has 4 aromatic rings. The van der Waals surface area contributed by atoms with E-state index in [0.29, 0.717) is 54.0 Å². The lowest BCUT2D eigenvalue weighted by Gasteiger charge is -2.11. The third-order valence-electron chi connectivity index (χ3n) is 5.90. The summed E-state index contributed by atoms with van der Waals surface area (Å²) in [7, 11) is 0. The fraction of sp³-hybridized carbons (Fsp3) is 0.478. The number of aromatic nitrogens is 8. The minimum atomic E-state index is -0.397. The zero-order valence-electron chi connectivity index (χ0n) is 19.9. The van der Waals surface area contributed by atoms with E-state index in [1.165, 1.54) is 4.57 Å². The maximum absolute atomic E-state index is 13.1. The number of nitrogens with one attached hydrogen (secondary N) is 1. The Bertz CT molecular complexity index is 1460. The van der Waals surface area contributed by atoms with Gasteiger partial charge in [-0.3, -0.25) is 13.9 Å². The number of benzene rings is 1. The first-order valence-electron chi connectivity index (χ1n) is 12.0. The molecular weight excluding hydrogens is 527 g/mol. The molecule has 0 saturated carbocycles. The van der Waals surface area contributed by atoms with Gasteiger partial charge < -0.3 is 4.98 Å². The standard InChI is InChI=1S/C23H27Cl3N8O2/c1-2-3-5-10-32-20-19(27-22(26)28-20)21(35)33(23(32)36)11-6-4-7-12-34-30-18(29-31-34)14-15-8-9-16(24)17(25)13-15/h8-9,13H,2-7,10-12,14H2,1H3,(H,27,28). The zero-order valence-corrected chi connectivity index (χ0v) is 22.2. The van der Waals surface area contributed by atoms with Crippen LogP contribution in [0.3, 0.4) is 0 Å². The molecule has 4 rings (SSSR count). The van der Waals surface area contributed by atoms with E-state index < -0.39 is 5.56 Å². The fourth-order valence-electron chi connectivity index (χ4n) is 4.03. The molecule has 0 aliphatic heterocycles. The van der Waals surface area contributed by atoms with Crippen LogP contribution in [0.4, 0.5) is 0 Å². The van der Waals surface area contributed by atoms with Crippen molar-refractivity contribution in [3.8, 4) is 0 Å². The summed E-state index contributed by atoms with van der Waals surface area (Å²) in [5.74, 6) is 0.593. The Morgan fingerprint density at radius 1 is 0.917 bits per heavy atom. The Kier molecular flexibility index (Phi) is 8.81. The van der Waals surface area contributed by atoms with Crippen molar-refractivity contribution in [2.45, 2.75) is 71.5 Å². The molecule has 0 aliphatic carbocycles. The Morgan fingerprint density at radius 3 is 2.44 bits per heavy atom. The Morgan fingerprint density at radius 2 is 1.67 bits per heavy atom. The van der Waals surface area contributed by atoms with E-state index in [0.717, 1.165) is 37.7 Å². The van der Waals surface area contributed by atoms with Crippen molar-refractivity contribution in [2.24, 2.45) is 0 Å². The molecule has 0 radical (unpaired) electrons. The largest absolute Gasteiger partial charge is 0.332 e. The molecule has 3 heterocycles. The number of tetrazole rings is 1. The number of unbranched alkanes of at least 4 members (excludes halogenated alkanes) is 4. The van der Waals surface area contributed by atoms with Crippen molar-refractivity contribution in [1.82, 2.24) is 39.3 Å². The van der Waals surface area contributed by atoms with Crippen LogP contribution in [-0.2, 0) is 26.1 Å². The third-order valence-corrected chi connectivity index (χ3v) is 6.82. The summed E-state index contributed by atoms with van der Waals surface area (Å²) in [6, 6.07) is 5.41. The van der Waals surface area contributed by atoms with Gasteiger partial charge in [-0.25, -0.2) is 4.79 Å². The normalized spacial score (nSPS) is 11.6. The number of hydrogen-bond acceptors (Lipinski definition) is 6. The first-order chi connectivity index (χ1) is 17.4. The Labute approximate surface area is 222 Å². The molecule has 1 aromatic carbocycles. The molecule has 0 saturated heterocycles. The van der Waals surface area contributed by atoms with Crippen molar-refractivity contribution in [3.05, 3.63) is 65.8 Å². The first-order valence-corrected chi connectivity index (χ1v) is 13.1. The summed E-state index contributed by atoms with van der Waals surface area (Å²) in [4.78, 5) is 34.5. The van der Waals surface area contributed by atoms with Crippen molar-refractivity contribution in [1.29, 1.82) is 0 Å². The molecule has 0 amide bonds. The molecule has 10 nitrogen and oxygen atoms in total. The van der Waals surface area contributed by atoms with Crippen LogP contribution in [0.1, 0.15) is 56.8 Å². The summed E-state index contributed by atoms with van der Waals surface area (Å²) in [6.07, 6.45) is 5.55. The van der Waals surface area contributed by atoms with Crippen LogP contribution in [0.2, 0.25) is 15.3 Å². The van der Waals surface area contributed by atoms with Crippen LogP contribution < -0.4 is 11.2 Å². The number of imidazole rings is 1. The van der Waals surface area contributed by atoms with Crippen LogP contribution in [0.5, 0.6) is 0 Å². The van der Waals surface area contributed by atoms with Gasteiger partial charge in [0.1, 0.15) is 0 Å². The molecule has 36 heavy (non-hydrogen) atoms. The van der Waals surface area contributed by atoms with E-state index in [4.69, 9.17) is 34.8 Å². The number of aromatic amines is 1. The lowest BCUT2D eigenvalue weighted by molar-refractivity contribution is 0.459. The molecular formula is C23H27Cl3N8O2. The van der Waals surface area contributed by atoms with E-state index in [1.807, 2.05) is 6.07 Å². The highest BCUT2D eigenvalue weighted by molar-refractivity contribution is 6.42. The van der Waals surface area contributed by atoms with Gasteiger partial charge in [-0.1, -0.05) is 49.0 Å². The number of halogens is 3. The van der Waals surface area contributed by atoms with Gasteiger partial charge in [0, 0.05) is 19.5 Å². The highest BCUT2D eigenvalue weighted by Gasteiger charge is 2.16. The summed E-state index contributed by atoms with van der Waals surface area (Å²) >= 11 is 18.0. The van der Waals surface area contributed by atoms with Crippen LogP contribution >= 0.6 is 34.8 Å². The molecule has 192 valence electrons. The summed E-state index contributed by atoms with van der Waals surface area (Å²) in [6.45, 7) is 3.48. The SMILES string of the molecule is CCCCCn1c(=O)n(CCCCCn2nnc(Cc3ccc(Cl)c(Cl)c3)n2)c(=O)c2[nH]c(Cl)nc21. The molecule has 13 heteroatoms. The minimum Gasteiger partial charge on any atom is -0.323 e. The van der Waals surface area contributed by atoms with Gasteiger partial charge in [0.25, 0.3) is 5.56 Å². The average Bonchev–Trinajstić information content (AvgIpc) is 3.46. The average molecular weight is 554 g/mol. The lowest BCUT2D eigenvalue weighted by atomic mass is 10.1. The van der Waals surface area contributed by atoms with Crippen molar-refractivity contribution in [3.63, 3.8) is 0 Å². The summed E-state index contributed by atoms with van der Waals surface area (Å²) in [5.41, 5.74) is 0.779. The highest BCUT2D eigenvalue weighted by Crippen LogP contribution is 2.23. The number of aryl methyl sites for hydroxylation is 2. The second-order valence-electron chi connectivity index (χ2n) is 8.61. The van der Waals surface area contributed by atoms with E-state index in [9.17, 15) is 9.59 Å². The van der Waals surface area contributed by atoms with Crippen molar-refractivity contribution >= 4 is 46.0 Å². The van der Waals surface area contributed by atoms with E-state index >= 15 is 0 Å². The Hall–Kier alpha value is -2.69. The summed E-state index contributed by atoms with van der Waals surface area (Å²) in [5, 5.41) is 13.7. The topological polar surface area (TPSA) is 116 Å². The number of nitrogens with zero attached hydrogens (tertiary/aromatic N) is 7. The second-order valence-corrected chi connectivity index (χ2v) is 9.78. The van der Waals surface area contributed by atoms with E-state index in [2.05, 4.69) is 32.3 Å². The minimum absolute atomic E-state index is 0.0994. The molecule has 1 N–H and O–H groups in total. The van der Waals surface area contributed by atoms with Gasteiger partial charge in [-0.05, 0) is 60.2 Å². The molecule has 0 spiro atoms. The quantitative estimate of drug-likeness (QED) is 0.204. The number of rotatable bonds is 12. The monoisotopic (exact) mass is 552 g/mol. The molecule has 0 unspecified atom stereocenters. The maximum Gasteiger partial charge on any atom is 0.332 e. The predicted molar refractivity (Wildman–Crippen MR) is 140 cm³/mol. The van der Waals surface area contributed by atoms with Crippen LogP contribution in [0, 0.1) is 0 Å². The third kappa shape index (κ3) is 6.16. The van der Waals surface area contributed by atoms with Crippen LogP contribution in [0.25, 0.3) is 11.2 Å². The van der Waals surface area contributed by atoms with Gasteiger partial charge in [0.2, 0.25) is 5.28 Å². The molecule has 0 fully saturated rings. The smallest absolute Gasteiger partial charge is 0.323 e. The molecule has 0 bridgehead atoms. The second kappa shape index (κ2) is 12.0. The fourth-order valence-corrected chi connectivity index (χ4v) is 4.53. The molecule has 0 atom stereocenters. The van der Waals surface area contributed by atoms with E-state index in [-0.39, 0.29) is 16.5 Å². The van der Waals surface area contributed by atoms with Gasteiger partial charge in [0.05, 0.1) is 16.6 Å². The van der Waals surface area contributed by atoms with Crippen LogP contribution in [-0.4, -0.2) is 39.3 Å². The van der Waals surface area contributed by atoms with Gasteiger partial charge >= 0.3 is 5.69 Å². The van der Waals surface area contributed by atoms with Gasteiger partial charge in [0.15, 0.2) is 17.0 Å². The summed E-state index contributed by atoms with van der Waals surface area (Å²) < 4.78 is 2.81. The van der Waals surface area contributed by atoms with Gasteiger partial charge in [-0.15, -0.1) is 10.2 Å². The maximum atomic E-state index is 13.1. The first kappa shape index (κ1) is 26.4. The highest BCUT2D eigenvalue weighted by atomic mass is 35.5. The van der Waals surface area contributed by atoms with Gasteiger partial charge in [-0.2, -0.15) is 9.78 Å². The van der Waals surface area contributed by atoms with Crippen molar-refractivity contribution in [2.75, 3.05) is 0 Å².